The molecule has 0 saturated heterocycles. The third-order valence-electron chi connectivity index (χ3n) is 5.12. The lowest BCUT2D eigenvalue weighted by Crippen LogP contribution is -2.28. The summed E-state index contributed by atoms with van der Waals surface area (Å²) in [5, 5.41) is 14.1. The molecule has 1 aliphatic rings. The van der Waals surface area contributed by atoms with E-state index in [4.69, 9.17) is 5.11 Å². The molecule has 0 aliphatic heterocycles. The van der Waals surface area contributed by atoms with Crippen LogP contribution in [0.5, 0.6) is 0 Å². The number of rotatable bonds is 7. The number of carboxylic acids is 1. The quantitative estimate of drug-likeness (QED) is 0.695. The zero-order valence-electron chi connectivity index (χ0n) is 15.5. The van der Waals surface area contributed by atoms with Gasteiger partial charge in [0, 0.05) is 23.7 Å². The van der Waals surface area contributed by atoms with Crippen molar-refractivity contribution >= 4 is 23.5 Å². The molecular formula is C20H28N2O4. The molecule has 0 bridgehead atoms. The van der Waals surface area contributed by atoms with E-state index in [1.165, 1.54) is 0 Å². The molecule has 142 valence electrons. The Labute approximate surface area is 154 Å². The molecule has 6 nitrogen and oxygen atoms in total. The first-order chi connectivity index (χ1) is 12.4. The van der Waals surface area contributed by atoms with Crippen molar-refractivity contribution in [1.29, 1.82) is 0 Å². The highest BCUT2D eigenvalue weighted by Gasteiger charge is 2.27. The van der Waals surface area contributed by atoms with E-state index in [-0.39, 0.29) is 30.7 Å². The molecule has 1 fully saturated rings. The maximum atomic E-state index is 12.4. The van der Waals surface area contributed by atoms with Gasteiger partial charge >= 0.3 is 5.97 Å². The minimum Gasteiger partial charge on any atom is -0.481 e. The molecule has 0 atom stereocenters. The predicted octanol–water partition coefficient (Wildman–Crippen LogP) is 3.29. The first-order valence-electron chi connectivity index (χ1n) is 9.27. The van der Waals surface area contributed by atoms with Crippen molar-refractivity contribution in [2.45, 2.75) is 46.0 Å². The van der Waals surface area contributed by atoms with Gasteiger partial charge in [-0.2, -0.15) is 0 Å². The average molecular weight is 360 g/mol. The molecule has 0 spiro atoms. The number of anilines is 1. The molecule has 0 aromatic heterocycles. The molecule has 0 radical (unpaired) electrons. The fraction of sp³-hybridized carbons (Fsp3) is 0.550. The normalized spacial score (nSPS) is 19.8. The summed E-state index contributed by atoms with van der Waals surface area (Å²) in [4.78, 5) is 34.8. The van der Waals surface area contributed by atoms with Crippen molar-refractivity contribution in [3.05, 3.63) is 29.8 Å². The number of nitrogens with one attached hydrogen (secondary N) is 2. The summed E-state index contributed by atoms with van der Waals surface area (Å²) in [7, 11) is 0. The summed E-state index contributed by atoms with van der Waals surface area (Å²) in [6, 6.07) is 6.65. The van der Waals surface area contributed by atoms with Crippen LogP contribution in [0.15, 0.2) is 24.3 Å². The van der Waals surface area contributed by atoms with Crippen molar-refractivity contribution in [2.24, 2.45) is 17.8 Å². The van der Waals surface area contributed by atoms with Crippen molar-refractivity contribution in [3.8, 4) is 0 Å². The zero-order valence-corrected chi connectivity index (χ0v) is 15.5. The van der Waals surface area contributed by atoms with Crippen LogP contribution in [-0.4, -0.2) is 29.4 Å². The first-order valence-corrected chi connectivity index (χ1v) is 9.27. The smallest absolute Gasteiger partial charge is 0.305 e. The van der Waals surface area contributed by atoms with Crippen LogP contribution in [0.3, 0.4) is 0 Å². The van der Waals surface area contributed by atoms with Gasteiger partial charge in [-0.25, -0.2) is 0 Å². The van der Waals surface area contributed by atoms with Crippen LogP contribution in [0.2, 0.25) is 0 Å². The Morgan fingerprint density at radius 3 is 2.23 bits per heavy atom. The minimum atomic E-state index is -0.953. The van der Waals surface area contributed by atoms with Gasteiger partial charge in [-0.05, 0) is 61.8 Å². The highest BCUT2D eigenvalue weighted by atomic mass is 16.4. The van der Waals surface area contributed by atoms with Crippen LogP contribution in [0.25, 0.3) is 0 Å². The van der Waals surface area contributed by atoms with Crippen LogP contribution >= 0.6 is 0 Å². The second-order valence-electron chi connectivity index (χ2n) is 7.32. The molecule has 3 N–H and O–H groups in total. The van der Waals surface area contributed by atoms with Gasteiger partial charge in [-0.15, -0.1) is 0 Å². The van der Waals surface area contributed by atoms with E-state index in [2.05, 4.69) is 24.5 Å². The van der Waals surface area contributed by atoms with E-state index >= 15 is 0 Å². The second-order valence-corrected chi connectivity index (χ2v) is 7.32. The van der Waals surface area contributed by atoms with Gasteiger partial charge in [-0.3, -0.25) is 14.4 Å². The number of hydrogen-bond acceptors (Lipinski definition) is 3. The van der Waals surface area contributed by atoms with Crippen LogP contribution < -0.4 is 10.6 Å². The molecule has 6 heteroatoms. The fourth-order valence-electron chi connectivity index (χ4n) is 3.38. The summed E-state index contributed by atoms with van der Waals surface area (Å²) in [5.41, 5.74) is 1.11. The highest BCUT2D eigenvalue weighted by molar-refractivity contribution is 5.96. The Morgan fingerprint density at radius 2 is 1.69 bits per heavy atom. The lowest BCUT2D eigenvalue weighted by Gasteiger charge is -2.30. The largest absolute Gasteiger partial charge is 0.481 e. The molecule has 1 aromatic rings. The van der Waals surface area contributed by atoms with E-state index in [0.29, 0.717) is 17.2 Å². The van der Waals surface area contributed by atoms with E-state index in [1.807, 2.05) is 0 Å². The topological polar surface area (TPSA) is 95.5 Å². The van der Waals surface area contributed by atoms with E-state index in [0.717, 1.165) is 31.6 Å². The molecular weight excluding hydrogens is 332 g/mol. The van der Waals surface area contributed by atoms with Crippen molar-refractivity contribution in [2.75, 3.05) is 11.9 Å². The number of aliphatic carboxylic acids is 1. The van der Waals surface area contributed by atoms with E-state index < -0.39 is 5.97 Å². The molecule has 2 amide bonds. The van der Waals surface area contributed by atoms with Gasteiger partial charge in [0.1, 0.15) is 0 Å². The zero-order chi connectivity index (χ0) is 19.1. The Hall–Kier alpha value is -2.37. The molecule has 1 saturated carbocycles. The van der Waals surface area contributed by atoms with Gasteiger partial charge < -0.3 is 15.7 Å². The number of amides is 2. The lowest BCUT2D eigenvalue weighted by atomic mass is 9.76. The second kappa shape index (κ2) is 9.36. The number of carboxylic acid groups (broad SMARTS) is 1. The SMILES string of the molecule is CC(C)C1CCC(C(=O)Nc2ccc(C(=O)NCCC(=O)O)cc2)CC1. The summed E-state index contributed by atoms with van der Waals surface area (Å²) in [5.74, 6) is 0.225. The minimum absolute atomic E-state index is 0.0471. The average Bonchev–Trinajstić information content (AvgIpc) is 2.62. The van der Waals surface area contributed by atoms with Gasteiger partial charge in [0.15, 0.2) is 0 Å². The molecule has 26 heavy (non-hydrogen) atoms. The Kier molecular flexibility index (Phi) is 7.18. The number of carbonyl (C=O) groups excluding carboxylic acids is 2. The van der Waals surface area contributed by atoms with E-state index in [1.54, 1.807) is 24.3 Å². The number of benzene rings is 1. The van der Waals surface area contributed by atoms with Crippen LogP contribution in [-0.2, 0) is 9.59 Å². The fourth-order valence-corrected chi connectivity index (χ4v) is 3.38. The molecule has 1 aromatic carbocycles. The summed E-state index contributed by atoms with van der Waals surface area (Å²) < 4.78 is 0. The van der Waals surface area contributed by atoms with E-state index in [9.17, 15) is 14.4 Å². The first kappa shape index (κ1) is 19.9. The Balaban J connectivity index is 1.82. The Bertz CT molecular complexity index is 632. The third-order valence-corrected chi connectivity index (χ3v) is 5.12. The summed E-state index contributed by atoms with van der Waals surface area (Å²) >= 11 is 0. The summed E-state index contributed by atoms with van der Waals surface area (Å²) in [6.07, 6.45) is 3.95. The van der Waals surface area contributed by atoms with Gasteiger partial charge in [0.05, 0.1) is 6.42 Å². The van der Waals surface area contributed by atoms with Crippen molar-refractivity contribution < 1.29 is 19.5 Å². The van der Waals surface area contributed by atoms with Gasteiger partial charge in [0.2, 0.25) is 5.91 Å². The summed E-state index contributed by atoms with van der Waals surface area (Å²) in [6.45, 7) is 4.57. The highest BCUT2D eigenvalue weighted by Crippen LogP contribution is 2.33. The number of carbonyl (C=O) groups is 3. The lowest BCUT2D eigenvalue weighted by molar-refractivity contribution is -0.136. The molecule has 2 rings (SSSR count). The number of hydrogen-bond donors (Lipinski definition) is 3. The van der Waals surface area contributed by atoms with Gasteiger partial charge in [0.25, 0.3) is 5.91 Å². The maximum absolute atomic E-state index is 12.4. The van der Waals surface area contributed by atoms with Gasteiger partial charge in [-0.1, -0.05) is 13.8 Å². The molecule has 1 aliphatic carbocycles. The maximum Gasteiger partial charge on any atom is 0.305 e. The molecule has 0 heterocycles. The van der Waals surface area contributed by atoms with Crippen LogP contribution in [0, 0.1) is 17.8 Å². The van der Waals surface area contributed by atoms with Crippen LogP contribution in [0.1, 0.15) is 56.3 Å². The van der Waals surface area contributed by atoms with Crippen LogP contribution in [0.4, 0.5) is 5.69 Å². The standard InChI is InChI=1S/C20H28N2O4/c1-13(2)14-3-5-16(6-4-14)20(26)22-17-9-7-15(8-10-17)19(25)21-12-11-18(23)24/h7-10,13-14,16H,3-6,11-12H2,1-2H3,(H,21,25)(H,22,26)(H,23,24). The predicted molar refractivity (Wildman–Crippen MR) is 99.9 cm³/mol. The van der Waals surface area contributed by atoms with Crippen molar-refractivity contribution in [1.82, 2.24) is 5.32 Å². The third kappa shape index (κ3) is 5.86. The Morgan fingerprint density at radius 1 is 1.08 bits per heavy atom. The molecule has 0 unspecified atom stereocenters. The van der Waals surface area contributed by atoms with Crippen molar-refractivity contribution in [3.63, 3.8) is 0 Å². The monoisotopic (exact) mass is 360 g/mol.